The van der Waals surface area contributed by atoms with Crippen LogP contribution < -0.4 is 10.0 Å². The lowest BCUT2D eigenvalue weighted by atomic mass is 10.4. The molecule has 2 N–H and O–H groups in total. The van der Waals surface area contributed by atoms with Crippen LogP contribution in [0.15, 0.2) is 32.9 Å². The van der Waals surface area contributed by atoms with Crippen LogP contribution in [0, 0.1) is 13.8 Å². The Hall–Kier alpha value is -1.85. The maximum absolute atomic E-state index is 12.7. The van der Waals surface area contributed by atoms with Gasteiger partial charge in [-0.25, -0.2) is 22.9 Å². The molecule has 1 aromatic carbocycles. The number of hydrogen-bond donors (Lipinski definition) is 2. The van der Waals surface area contributed by atoms with Crippen LogP contribution >= 0.6 is 23.5 Å². The van der Waals surface area contributed by atoms with Crippen molar-refractivity contribution < 1.29 is 13.2 Å². The van der Waals surface area contributed by atoms with Crippen molar-refractivity contribution in [2.75, 3.05) is 17.8 Å². The second-order valence-electron chi connectivity index (χ2n) is 4.80. The van der Waals surface area contributed by atoms with Crippen LogP contribution in [0.2, 0.25) is 0 Å². The minimum atomic E-state index is -4.06. The maximum Gasteiger partial charge on any atom is 0.335 e. The van der Waals surface area contributed by atoms with Crippen LogP contribution in [0.25, 0.3) is 0 Å². The molecule has 0 aliphatic carbocycles. The van der Waals surface area contributed by atoms with E-state index in [-0.39, 0.29) is 10.8 Å². The first-order valence-electron chi connectivity index (χ1n) is 7.01. The van der Waals surface area contributed by atoms with E-state index in [1.807, 2.05) is 4.72 Å². The van der Waals surface area contributed by atoms with Crippen LogP contribution in [0.1, 0.15) is 11.6 Å². The van der Waals surface area contributed by atoms with E-state index in [2.05, 4.69) is 20.3 Å². The lowest BCUT2D eigenvalue weighted by Crippen LogP contribution is -2.35. The summed E-state index contributed by atoms with van der Waals surface area (Å²) >= 11 is 2.58. The lowest BCUT2D eigenvalue weighted by molar-refractivity contribution is 0.256. The first-order valence-corrected chi connectivity index (χ1v) is 10.9. The molecule has 2 aromatic rings. The Morgan fingerprint density at radius 2 is 1.52 bits per heavy atom. The Morgan fingerprint density at radius 1 is 1.00 bits per heavy atom. The van der Waals surface area contributed by atoms with Gasteiger partial charge in [0.2, 0.25) is 5.95 Å². The Labute approximate surface area is 154 Å². The average molecular weight is 400 g/mol. The van der Waals surface area contributed by atoms with Gasteiger partial charge < -0.3 is 0 Å². The van der Waals surface area contributed by atoms with E-state index in [9.17, 15) is 13.2 Å². The number of carbonyl (C=O) groups is 1. The normalized spacial score (nSPS) is 11.2. The summed E-state index contributed by atoms with van der Waals surface area (Å²) in [6.45, 7) is 3.29. The van der Waals surface area contributed by atoms with E-state index in [0.717, 1.165) is 0 Å². The maximum atomic E-state index is 12.7. The van der Waals surface area contributed by atoms with Crippen molar-refractivity contribution in [2.24, 2.45) is 0 Å². The Morgan fingerprint density at radius 3 is 2.00 bits per heavy atom. The highest BCUT2D eigenvalue weighted by Gasteiger charge is 2.25. The number of sulfonamides is 1. The Bertz CT molecular complexity index is 860. The number of amides is 2. The second-order valence-corrected chi connectivity index (χ2v) is 8.12. The fourth-order valence-electron chi connectivity index (χ4n) is 2.05. The highest BCUT2D eigenvalue weighted by atomic mass is 32.2. The predicted octanol–water partition coefficient (Wildman–Crippen LogP) is 2.44. The Balaban J connectivity index is 2.28. The van der Waals surface area contributed by atoms with Gasteiger partial charge >= 0.3 is 6.03 Å². The van der Waals surface area contributed by atoms with Crippen molar-refractivity contribution in [3.63, 3.8) is 0 Å². The summed E-state index contributed by atoms with van der Waals surface area (Å²) in [5.74, 6) is 0.826. The van der Waals surface area contributed by atoms with Gasteiger partial charge in [0.15, 0.2) is 0 Å². The number of nitrogens with one attached hydrogen (secondary N) is 2. The number of urea groups is 1. The van der Waals surface area contributed by atoms with E-state index in [0.29, 0.717) is 21.4 Å². The van der Waals surface area contributed by atoms with Gasteiger partial charge in [0.25, 0.3) is 10.0 Å². The van der Waals surface area contributed by atoms with Crippen molar-refractivity contribution in [2.45, 2.75) is 28.5 Å². The zero-order valence-corrected chi connectivity index (χ0v) is 16.5. The number of aromatic nitrogens is 3. The topological polar surface area (TPSA) is 114 Å². The molecule has 0 saturated carbocycles. The highest BCUT2D eigenvalue weighted by molar-refractivity contribution is 8.01. The number of aryl methyl sites for hydroxylation is 2. The quantitative estimate of drug-likeness (QED) is 0.737. The van der Waals surface area contributed by atoms with Gasteiger partial charge in [-0.2, -0.15) is 9.97 Å². The Kier molecular flexibility index (Phi) is 6.25. The molecule has 134 valence electrons. The largest absolute Gasteiger partial charge is 0.335 e. The summed E-state index contributed by atoms with van der Waals surface area (Å²) in [6, 6.07) is 4.21. The zero-order chi connectivity index (χ0) is 18.6. The van der Waals surface area contributed by atoms with Crippen LogP contribution in [0.4, 0.5) is 10.7 Å². The third kappa shape index (κ3) is 4.83. The molecule has 0 aliphatic heterocycles. The molecule has 8 nitrogen and oxygen atoms in total. The molecule has 1 heterocycles. The van der Waals surface area contributed by atoms with E-state index >= 15 is 0 Å². The molecule has 0 radical (unpaired) electrons. The number of benzene rings is 1. The third-order valence-corrected chi connectivity index (χ3v) is 6.21. The monoisotopic (exact) mass is 399 g/mol. The van der Waals surface area contributed by atoms with Crippen molar-refractivity contribution >= 4 is 45.5 Å². The SMILES string of the molecule is CSc1cccc(SC)c1S(=O)(=O)NC(=O)Nc1nc(C)nc(C)n1. The smallest absolute Gasteiger partial charge is 0.275 e. The number of hydrogen-bond acceptors (Lipinski definition) is 8. The van der Waals surface area contributed by atoms with Crippen LogP contribution in [0.5, 0.6) is 0 Å². The highest BCUT2D eigenvalue weighted by Crippen LogP contribution is 2.32. The standard InChI is InChI=1S/C14H17N5O3S3/c1-8-15-9(2)17-13(16-8)18-14(20)19-25(21,22)12-10(23-3)6-5-7-11(12)24-4/h5-7H,1-4H3,(H2,15,16,17,18,19,20). The number of anilines is 1. The molecule has 25 heavy (non-hydrogen) atoms. The van der Waals surface area contributed by atoms with Gasteiger partial charge in [0.05, 0.1) is 0 Å². The molecule has 0 atom stereocenters. The van der Waals surface area contributed by atoms with Gasteiger partial charge in [-0.3, -0.25) is 5.32 Å². The van der Waals surface area contributed by atoms with Crippen LogP contribution in [0.3, 0.4) is 0 Å². The molecular weight excluding hydrogens is 382 g/mol. The van der Waals surface area contributed by atoms with E-state index < -0.39 is 16.1 Å². The molecule has 0 bridgehead atoms. The summed E-state index contributed by atoms with van der Waals surface area (Å²) in [6.07, 6.45) is 3.55. The molecule has 2 rings (SSSR count). The summed E-state index contributed by atoms with van der Waals surface area (Å²) in [7, 11) is -4.06. The molecule has 0 fully saturated rings. The number of thioether (sulfide) groups is 2. The molecule has 0 spiro atoms. The van der Waals surface area contributed by atoms with Crippen molar-refractivity contribution in [3.8, 4) is 0 Å². The second kappa shape index (κ2) is 8.02. The number of carbonyl (C=O) groups excluding carboxylic acids is 1. The molecule has 2 amide bonds. The van der Waals surface area contributed by atoms with Crippen LogP contribution in [-0.4, -0.2) is 41.9 Å². The third-order valence-electron chi connectivity index (χ3n) is 2.96. The predicted molar refractivity (Wildman–Crippen MR) is 98.6 cm³/mol. The van der Waals surface area contributed by atoms with Gasteiger partial charge in [-0.15, -0.1) is 23.5 Å². The average Bonchev–Trinajstić information content (AvgIpc) is 2.52. The van der Waals surface area contributed by atoms with Crippen molar-refractivity contribution in [3.05, 3.63) is 29.8 Å². The molecule has 1 aromatic heterocycles. The van der Waals surface area contributed by atoms with E-state index in [1.165, 1.54) is 23.5 Å². The summed E-state index contributed by atoms with van der Waals surface area (Å²) in [5.41, 5.74) is 0. The summed E-state index contributed by atoms with van der Waals surface area (Å²) < 4.78 is 27.4. The summed E-state index contributed by atoms with van der Waals surface area (Å²) in [5, 5.41) is 2.32. The van der Waals surface area contributed by atoms with Gasteiger partial charge in [0, 0.05) is 9.79 Å². The minimum Gasteiger partial charge on any atom is -0.275 e. The van der Waals surface area contributed by atoms with Gasteiger partial charge in [-0.1, -0.05) is 6.07 Å². The minimum absolute atomic E-state index is 0.0130. The van der Waals surface area contributed by atoms with E-state index in [1.54, 1.807) is 44.6 Å². The lowest BCUT2D eigenvalue weighted by Gasteiger charge is -2.13. The fourth-order valence-corrected chi connectivity index (χ4v) is 5.36. The van der Waals surface area contributed by atoms with Gasteiger partial charge in [0.1, 0.15) is 16.5 Å². The first-order chi connectivity index (χ1) is 11.8. The van der Waals surface area contributed by atoms with Crippen LogP contribution in [-0.2, 0) is 10.0 Å². The van der Waals surface area contributed by atoms with Gasteiger partial charge in [-0.05, 0) is 38.5 Å². The van der Waals surface area contributed by atoms with Crippen molar-refractivity contribution in [1.29, 1.82) is 0 Å². The fraction of sp³-hybridized carbons (Fsp3) is 0.286. The zero-order valence-electron chi connectivity index (χ0n) is 14.0. The molecule has 11 heteroatoms. The first kappa shape index (κ1) is 19.5. The molecule has 0 saturated heterocycles. The summed E-state index contributed by atoms with van der Waals surface area (Å²) in [4.78, 5) is 25.2. The number of rotatable bonds is 5. The van der Waals surface area contributed by atoms with E-state index in [4.69, 9.17) is 0 Å². The molecule has 0 unspecified atom stereocenters. The number of nitrogens with zero attached hydrogens (tertiary/aromatic N) is 3. The molecular formula is C14H17N5O3S3. The molecule has 0 aliphatic rings. The van der Waals surface area contributed by atoms with Crippen molar-refractivity contribution in [1.82, 2.24) is 19.7 Å².